The minimum Gasteiger partial charge on any atom is -0.465 e. The van der Waals surface area contributed by atoms with Crippen LogP contribution in [-0.4, -0.2) is 44.0 Å². The fourth-order valence-electron chi connectivity index (χ4n) is 4.51. The van der Waals surface area contributed by atoms with Gasteiger partial charge in [-0.3, -0.25) is 9.67 Å². The third-order valence-corrected chi connectivity index (χ3v) is 6.14. The quantitative estimate of drug-likeness (QED) is 0.517. The molecule has 1 N–H and O–H groups in total. The Morgan fingerprint density at radius 3 is 2.57 bits per heavy atom. The third-order valence-electron chi connectivity index (χ3n) is 6.14. The van der Waals surface area contributed by atoms with Crippen molar-refractivity contribution in [2.75, 3.05) is 13.1 Å². The maximum atomic E-state index is 11.1. The van der Waals surface area contributed by atoms with E-state index >= 15 is 0 Å². The summed E-state index contributed by atoms with van der Waals surface area (Å²) in [6.45, 7) is 3.26. The molecule has 1 aliphatic rings. The molecule has 5 rings (SSSR count). The number of fused-ring (bicyclic) bond motifs is 2. The van der Waals surface area contributed by atoms with Gasteiger partial charge >= 0.3 is 6.09 Å². The first kappa shape index (κ1) is 18.6. The Morgan fingerprint density at radius 2 is 1.80 bits per heavy atom. The average Bonchev–Trinajstić information content (AvgIpc) is 3.14. The SMILES string of the molecule is Cc1cc(-c2ccc3nc(C4CCN(C(=O)O)CC4)ccc3c2)cc2cn(C)nc12. The Morgan fingerprint density at radius 1 is 1.03 bits per heavy atom. The first-order valence-electron chi connectivity index (χ1n) is 10.3. The summed E-state index contributed by atoms with van der Waals surface area (Å²) in [5, 5.41) is 15.9. The molecule has 0 bridgehead atoms. The summed E-state index contributed by atoms with van der Waals surface area (Å²) >= 11 is 0. The van der Waals surface area contributed by atoms with Crippen LogP contribution in [0.25, 0.3) is 32.9 Å². The molecule has 1 amide bonds. The summed E-state index contributed by atoms with van der Waals surface area (Å²) in [6, 6.07) is 15.0. The van der Waals surface area contributed by atoms with Gasteiger partial charge in [0.15, 0.2) is 0 Å². The molecular formula is C24H24N4O2. The fraction of sp³-hybridized carbons (Fsp3) is 0.292. The molecule has 1 fully saturated rings. The smallest absolute Gasteiger partial charge is 0.407 e. The highest BCUT2D eigenvalue weighted by Crippen LogP contribution is 2.31. The summed E-state index contributed by atoms with van der Waals surface area (Å²) in [6.07, 6.45) is 2.88. The highest BCUT2D eigenvalue weighted by molar-refractivity contribution is 5.90. The molecule has 0 aliphatic carbocycles. The number of aromatic nitrogens is 3. The van der Waals surface area contributed by atoms with E-state index in [4.69, 9.17) is 10.1 Å². The molecule has 0 atom stereocenters. The zero-order valence-electron chi connectivity index (χ0n) is 17.2. The van der Waals surface area contributed by atoms with E-state index in [0.717, 1.165) is 40.3 Å². The van der Waals surface area contributed by atoms with Gasteiger partial charge < -0.3 is 10.0 Å². The second-order valence-corrected chi connectivity index (χ2v) is 8.22. The van der Waals surface area contributed by atoms with Gasteiger partial charge in [0.1, 0.15) is 0 Å². The van der Waals surface area contributed by atoms with Crippen molar-refractivity contribution in [2.24, 2.45) is 7.05 Å². The molecule has 0 saturated carbocycles. The molecule has 0 spiro atoms. The second-order valence-electron chi connectivity index (χ2n) is 8.22. The number of carbonyl (C=O) groups is 1. The van der Waals surface area contributed by atoms with E-state index in [1.807, 2.05) is 11.7 Å². The molecule has 4 aromatic rings. The first-order chi connectivity index (χ1) is 14.5. The zero-order chi connectivity index (χ0) is 20.8. The summed E-state index contributed by atoms with van der Waals surface area (Å²) in [4.78, 5) is 17.5. The highest BCUT2D eigenvalue weighted by Gasteiger charge is 2.24. The van der Waals surface area contributed by atoms with E-state index in [1.54, 1.807) is 0 Å². The van der Waals surface area contributed by atoms with Crippen LogP contribution in [0.15, 0.2) is 48.7 Å². The second kappa shape index (κ2) is 7.13. The lowest BCUT2D eigenvalue weighted by atomic mass is 9.92. The fourth-order valence-corrected chi connectivity index (χ4v) is 4.51. The molecule has 1 saturated heterocycles. The van der Waals surface area contributed by atoms with Gasteiger partial charge in [0.25, 0.3) is 0 Å². The Balaban J connectivity index is 1.45. The summed E-state index contributed by atoms with van der Waals surface area (Å²) in [7, 11) is 1.95. The maximum absolute atomic E-state index is 11.1. The molecule has 0 unspecified atom stereocenters. The normalized spacial score (nSPS) is 15.2. The summed E-state index contributed by atoms with van der Waals surface area (Å²) in [5.41, 5.74) is 6.61. The van der Waals surface area contributed by atoms with Crippen LogP contribution in [0, 0.1) is 6.92 Å². The van der Waals surface area contributed by atoms with Crippen molar-refractivity contribution >= 4 is 27.9 Å². The van der Waals surface area contributed by atoms with Crippen molar-refractivity contribution in [3.8, 4) is 11.1 Å². The van der Waals surface area contributed by atoms with Crippen molar-refractivity contribution in [1.82, 2.24) is 19.7 Å². The number of hydrogen-bond donors (Lipinski definition) is 1. The van der Waals surface area contributed by atoms with Crippen LogP contribution in [0.1, 0.15) is 30.0 Å². The monoisotopic (exact) mass is 400 g/mol. The number of aryl methyl sites for hydroxylation is 2. The van der Waals surface area contributed by atoms with Gasteiger partial charge in [-0.25, -0.2) is 4.79 Å². The molecule has 152 valence electrons. The zero-order valence-corrected chi connectivity index (χ0v) is 17.2. The van der Waals surface area contributed by atoms with Gasteiger partial charge in [-0.2, -0.15) is 5.10 Å². The van der Waals surface area contributed by atoms with Crippen LogP contribution in [0.5, 0.6) is 0 Å². The minimum absolute atomic E-state index is 0.320. The number of pyridine rings is 1. The van der Waals surface area contributed by atoms with Crippen molar-refractivity contribution in [3.63, 3.8) is 0 Å². The molecule has 3 heterocycles. The van der Waals surface area contributed by atoms with E-state index in [1.165, 1.54) is 21.6 Å². The van der Waals surface area contributed by atoms with E-state index in [9.17, 15) is 4.79 Å². The highest BCUT2D eigenvalue weighted by atomic mass is 16.4. The van der Waals surface area contributed by atoms with Crippen LogP contribution < -0.4 is 0 Å². The van der Waals surface area contributed by atoms with Crippen LogP contribution in [0.2, 0.25) is 0 Å². The third kappa shape index (κ3) is 3.28. The van der Waals surface area contributed by atoms with Crippen LogP contribution in [-0.2, 0) is 7.05 Å². The Hall–Kier alpha value is -3.41. The number of carboxylic acid groups (broad SMARTS) is 1. The van der Waals surface area contributed by atoms with Crippen molar-refractivity contribution in [1.29, 1.82) is 0 Å². The molecule has 2 aromatic heterocycles. The minimum atomic E-state index is -0.827. The van der Waals surface area contributed by atoms with Crippen molar-refractivity contribution in [3.05, 3.63) is 59.9 Å². The number of hydrogen-bond acceptors (Lipinski definition) is 3. The number of benzene rings is 2. The molecule has 2 aromatic carbocycles. The number of rotatable bonds is 2. The van der Waals surface area contributed by atoms with Gasteiger partial charge in [0, 0.05) is 48.7 Å². The lowest BCUT2D eigenvalue weighted by Gasteiger charge is -2.29. The van der Waals surface area contributed by atoms with E-state index in [0.29, 0.717) is 19.0 Å². The molecule has 1 aliphatic heterocycles. The van der Waals surface area contributed by atoms with Crippen LogP contribution in [0.4, 0.5) is 4.79 Å². The van der Waals surface area contributed by atoms with Gasteiger partial charge in [-0.15, -0.1) is 0 Å². The van der Waals surface area contributed by atoms with Gasteiger partial charge in [-0.1, -0.05) is 12.1 Å². The first-order valence-corrected chi connectivity index (χ1v) is 10.3. The lowest BCUT2D eigenvalue weighted by molar-refractivity contribution is 0.132. The number of nitrogens with zero attached hydrogens (tertiary/aromatic N) is 4. The van der Waals surface area contributed by atoms with Gasteiger partial charge in [-0.05, 0) is 66.8 Å². The number of likely N-dealkylation sites (tertiary alicyclic amines) is 1. The topological polar surface area (TPSA) is 71.2 Å². The van der Waals surface area contributed by atoms with E-state index in [2.05, 4.69) is 60.7 Å². The van der Waals surface area contributed by atoms with Crippen molar-refractivity contribution < 1.29 is 9.90 Å². The Labute approximate surface area is 174 Å². The maximum Gasteiger partial charge on any atom is 0.407 e. The number of amides is 1. The molecule has 30 heavy (non-hydrogen) atoms. The molecular weight excluding hydrogens is 376 g/mol. The molecule has 6 heteroatoms. The van der Waals surface area contributed by atoms with Gasteiger partial charge in [0.05, 0.1) is 11.0 Å². The van der Waals surface area contributed by atoms with Crippen molar-refractivity contribution in [2.45, 2.75) is 25.7 Å². The lowest BCUT2D eigenvalue weighted by Crippen LogP contribution is -2.36. The predicted molar refractivity (Wildman–Crippen MR) is 118 cm³/mol. The summed E-state index contributed by atoms with van der Waals surface area (Å²) in [5.74, 6) is 0.320. The van der Waals surface area contributed by atoms with Crippen LogP contribution >= 0.6 is 0 Å². The standard InChI is InChI=1S/C24H24N4O2/c1-15-11-19(13-20-14-27(2)26-23(15)20)17-3-5-22-18(12-17)4-6-21(25-22)16-7-9-28(10-8-16)24(29)30/h3-6,11-14,16H,7-10H2,1-2H3,(H,29,30). The Bertz CT molecular complexity index is 1270. The molecule has 0 radical (unpaired) electrons. The Kier molecular flexibility index (Phi) is 4.42. The van der Waals surface area contributed by atoms with Crippen LogP contribution in [0.3, 0.4) is 0 Å². The van der Waals surface area contributed by atoms with E-state index in [-0.39, 0.29) is 0 Å². The number of piperidine rings is 1. The van der Waals surface area contributed by atoms with Gasteiger partial charge in [0.2, 0.25) is 0 Å². The predicted octanol–water partition coefficient (Wildman–Crippen LogP) is 4.95. The molecule has 6 nitrogen and oxygen atoms in total. The van der Waals surface area contributed by atoms with E-state index < -0.39 is 6.09 Å². The largest absolute Gasteiger partial charge is 0.465 e. The summed E-state index contributed by atoms with van der Waals surface area (Å²) < 4.78 is 1.86. The average molecular weight is 400 g/mol.